The second kappa shape index (κ2) is 6.37. The molecule has 2 heterocycles. The van der Waals surface area contributed by atoms with Gasteiger partial charge in [-0.1, -0.05) is 0 Å². The van der Waals surface area contributed by atoms with Gasteiger partial charge < -0.3 is 25.4 Å². The normalized spacial score (nSPS) is 28.7. The molecule has 1 amide bonds. The lowest BCUT2D eigenvalue weighted by atomic mass is 10.1. The second-order valence-corrected chi connectivity index (χ2v) is 5.93. The van der Waals surface area contributed by atoms with E-state index in [0.717, 1.165) is 0 Å². The maximum absolute atomic E-state index is 14.1. The summed E-state index contributed by atoms with van der Waals surface area (Å²) in [6.45, 7) is -0.682. The van der Waals surface area contributed by atoms with Gasteiger partial charge in [0.1, 0.15) is 17.8 Å². The van der Waals surface area contributed by atoms with E-state index in [4.69, 9.17) is 20.3 Å². The molecule has 1 fully saturated rings. The lowest BCUT2D eigenvalue weighted by Gasteiger charge is -2.13. The maximum Gasteiger partial charge on any atom is 0.469 e. The van der Waals surface area contributed by atoms with Crippen molar-refractivity contribution >= 4 is 13.7 Å². The number of nitrogens with two attached hydrogens (primary N) is 1. The van der Waals surface area contributed by atoms with E-state index in [9.17, 15) is 18.9 Å². The van der Waals surface area contributed by atoms with Gasteiger partial charge in [-0.3, -0.25) is 9.32 Å². The number of hydrogen-bond donors (Lipinski definition) is 4. The molecule has 1 aliphatic rings. The summed E-state index contributed by atoms with van der Waals surface area (Å²) in [6, 6.07) is 2.87. The Bertz CT molecular complexity index is 610. The molecule has 122 valence electrons. The predicted molar refractivity (Wildman–Crippen MR) is 68.0 cm³/mol. The zero-order valence-electron chi connectivity index (χ0n) is 11.2. The molecule has 0 aromatic carbocycles. The van der Waals surface area contributed by atoms with Crippen LogP contribution in [0.25, 0.3) is 0 Å². The van der Waals surface area contributed by atoms with Crippen molar-refractivity contribution in [3.8, 4) is 0 Å². The summed E-state index contributed by atoms with van der Waals surface area (Å²) in [6.07, 6.45) is -3.40. The third-order valence-electron chi connectivity index (χ3n) is 3.10. The zero-order chi connectivity index (χ0) is 16.5. The van der Waals surface area contributed by atoms with E-state index >= 15 is 0 Å². The monoisotopic (exact) mass is 337 g/mol. The van der Waals surface area contributed by atoms with Gasteiger partial charge in [-0.05, 0) is 6.07 Å². The first-order valence-electron chi connectivity index (χ1n) is 6.17. The van der Waals surface area contributed by atoms with E-state index in [2.05, 4.69) is 4.52 Å². The smallest absolute Gasteiger partial charge is 0.387 e. The number of phosphoric ester groups is 1. The van der Waals surface area contributed by atoms with Crippen molar-refractivity contribution in [1.82, 2.24) is 0 Å². The van der Waals surface area contributed by atoms with Gasteiger partial charge in [-0.15, -0.1) is 0 Å². The Hall–Kier alpha value is -1.42. The molecule has 0 saturated carbocycles. The summed E-state index contributed by atoms with van der Waals surface area (Å²) >= 11 is 0. The van der Waals surface area contributed by atoms with Gasteiger partial charge in [0, 0.05) is 6.07 Å². The minimum absolute atomic E-state index is 0.114. The first kappa shape index (κ1) is 16.9. The lowest BCUT2D eigenvalue weighted by Crippen LogP contribution is -2.45. The molecule has 5 N–H and O–H groups in total. The highest BCUT2D eigenvalue weighted by Gasteiger charge is 2.50. The van der Waals surface area contributed by atoms with Crippen LogP contribution in [0.1, 0.15) is 16.6 Å². The van der Waals surface area contributed by atoms with Gasteiger partial charge in [0.25, 0.3) is 12.1 Å². The molecule has 0 unspecified atom stereocenters. The van der Waals surface area contributed by atoms with Crippen LogP contribution in [0.2, 0.25) is 0 Å². The van der Waals surface area contributed by atoms with Crippen molar-refractivity contribution < 1.29 is 42.5 Å². The molecule has 1 aromatic rings. The molecule has 1 aromatic heterocycles. The van der Waals surface area contributed by atoms with E-state index in [1.807, 2.05) is 0 Å². The number of carbonyl (C=O) groups is 1. The second-order valence-electron chi connectivity index (χ2n) is 4.69. The minimum atomic E-state index is -4.76. The first-order chi connectivity index (χ1) is 10.2. The molecule has 2 rings (SSSR count). The largest absolute Gasteiger partial charge is 0.469 e. The molecule has 11 heteroatoms. The number of nitrogens with zero attached hydrogens (tertiary/aromatic N) is 1. The van der Waals surface area contributed by atoms with Gasteiger partial charge in [-0.25, -0.2) is 8.96 Å². The fourth-order valence-electron chi connectivity index (χ4n) is 2.05. The van der Waals surface area contributed by atoms with E-state index in [0.29, 0.717) is 0 Å². The van der Waals surface area contributed by atoms with Crippen LogP contribution in [0.3, 0.4) is 0 Å². The Kier molecular flexibility index (Phi) is 4.90. The number of ether oxygens (including phenoxy) is 1. The summed E-state index contributed by atoms with van der Waals surface area (Å²) in [5.41, 5.74) is 5.24. The van der Waals surface area contributed by atoms with Crippen molar-refractivity contribution in [2.24, 2.45) is 5.73 Å². The van der Waals surface area contributed by atoms with Crippen molar-refractivity contribution in [2.45, 2.75) is 24.6 Å². The zero-order valence-corrected chi connectivity index (χ0v) is 12.0. The fourth-order valence-corrected chi connectivity index (χ4v) is 2.39. The number of hydrogen-bond acceptors (Lipinski definition) is 5. The topological polar surface area (TPSA) is 143 Å². The Labute approximate surface area is 124 Å². The number of alkyl halides is 1. The molecule has 22 heavy (non-hydrogen) atoms. The maximum atomic E-state index is 14.1. The molecular formula is C11H15FN2O7P+. The van der Waals surface area contributed by atoms with Crippen LogP contribution in [-0.4, -0.2) is 45.8 Å². The number of aliphatic hydroxyl groups excluding tert-OH is 1. The third kappa shape index (κ3) is 3.86. The van der Waals surface area contributed by atoms with Crippen LogP contribution in [-0.2, 0) is 13.8 Å². The van der Waals surface area contributed by atoms with Crippen LogP contribution < -0.4 is 10.3 Å². The summed E-state index contributed by atoms with van der Waals surface area (Å²) in [5, 5.41) is 9.73. The van der Waals surface area contributed by atoms with E-state index in [-0.39, 0.29) is 5.56 Å². The van der Waals surface area contributed by atoms with Gasteiger partial charge in [0.05, 0.1) is 6.61 Å². The predicted octanol–water partition coefficient (Wildman–Crippen LogP) is -1.22. The number of aromatic nitrogens is 1. The average Bonchev–Trinajstić information content (AvgIpc) is 2.72. The van der Waals surface area contributed by atoms with Crippen molar-refractivity contribution in [2.75, 3.05) is 6.61 Å². The number of amides is 1. The fraction of sp³-hybridized carbons (Fsp3) is 0.455. The van der Waals surface area contributed by atoms with Crippen molar-refractivity contribution in [3.63, 3.8) is 0 Å². The summed E-state index contributed by atoms with van der Waals surface area (Å²) in [5.74, 6) is -0.718. The molecule has 9 nitrogen and oxygen atoms in total. The minimum Gasteiger partial charge on any atom is -0.387 e. The summed E-state index contributed by atoms with van der Waals surface area (Å²) < 4.78 is 35.4. The average molecular weight is 337 g/mol. The number of aliphatic hydroxyl groups is 1. The van der Waals surface area contributed by atoms with E-state index in [1.54, 1.807) is 0 Å². The van der Waals surface area contributed by atoms with Gasteiger partial charge in [-0.2, -0.15) is 4.57 Å². The van der Waals surface area contributed by atoms with Crippen LogP contribution in [0.4, 0.5) is 4.39 Å². The lowest BCUT2D eigenvalue weighted by molar-refractivity contribution is -0.764. The van der Waals surface area contributed by atoms with Gasteiger partial charge in [0.2, 0.25) is 6.17 Å². The Balaban J connectivity index is 2.14. The number of carbonyl (C=O) groups excluding carboxylic acids is 1. The number of pyridine rings is 1. The van der Waals surface area contributed by atoms with E-state index < -0.39 is 44.9 Å². The SMILES string of the molecule is NC(=O)c1ccc[n+]([C@@H]2O[C@H](COP(=O)(O)O)[C@@H](O)[C@@H]2F)c1. The van der Waals surface area contributed by atoms with Crippen LogP contribution in [0.15, 0.2) is 24.5 Å². The molecule has 0 radical (unpaired) electrons. The van der Waals surface area contributed by atoms with E-state index in [1.165, 1.54) is 29.1 Å². The molecule has 0 spiro atoms. The number of phosphoric acid groups is 1. The molecule has 0 aliphatic carbocycles. The molecular weight excluding hydrogens is 322 g/mol. The quantitative estimate of drug-likeness (QED) is 0.389. The Morgan fingerprint density at radius 2 is 2.23 bits per heavy atom. The standard InChI is InChI=1S/C11H14FN2O7P/c12-8-9(15)7(5-20-22(17,18)19)21-11(8)14-3-1-2-6(4-14)10(13)16/h1-4,7-9,11,15H,5H2,(H3-,13,16,17,18,19)/p+1/t7-,8+,9-,11-/m1/s1. The summed E-state index contributed by atoms with van der Waals surface area (Å²) in [4.78, 5) is 28.3. The van der Waals surface area contributed by atoms with Crippen molar-refractivity contribution in [1.29, 1.82) is 0 Å². The first-order valence-corrected chi connectivity index (χ1v) is 7.70. The highest BCUT2D eigenvalue weighted by molar-refractivity contribution is 7.46. The number of rotatable bonds is 5. The molecule has 0 bridgehead atoms. The molecule has 1 aliphatic heterocycles. The number of halogens is 1. The highest BCUT2D eigenvalue weighted by Crippen LogP contribution is 2.38. The number of primary amides is 1. The summed E-state index contributed by atoms with van der Waals surface area (Å²) in [7, 11) is -4.76. The van der Waals surface area contributed by atoms with Crippen molar-refractivity contribution in [3.05, 3.63) is 30.1 Å². The van der Waals surface area contributed by atoms with Crippen LogP contribution >= 0.6 is 7.82 Å². The van der Waals surface area contributed by atoms with Crippen LogP contribution in [0, 0.1) is 0 Å². The molecule has 4 atom stereocenters. The Morgan fingerprint density at radius 3 is 2.82 bits per heavy atom. The van der Waals surface area contributed by atoms with Gasteiger partial charge in [0.15, 0.2) is 12.4 Å². The molecule has 1 saturated heterocycles. The van der Waals surface area contributed by atoms with Gasteiger partial charge >= 0.3 is 7.82 Å². The Morgan fingerprint density at radius 1 is 1.55 bits per heavy atom. The van der Waals surface area contributed by atoms with Crippen LogP contribution in [0.5, 0.6) is 0 Å². The highest BCUT2D eigenvalue weighted by atomic mass is 31.2. The third-order valence-corrected chi connectivity index (χ3v) is 3.59.